The molecule has 1 amide bonds. The van der Waals surface area contributed by atoms with Gasteiger partial charge in [-0.15, -0.1) is 4.36 Å². The third kappa shape index (κ3) is 5.33. The molecule has 0 radical (unpaired) electrons. The van der Waals surface area contributed by atoms with Crippen molar-refractivity contribution in [3.05, 3.63) is 29.8 Å². The number of carbonyl (C=O) groups is 2. The Morgan fingerprint density at radius 2 is 1.85 bits per heavy atom. The van der Waals surface area contributed by atoms with Gasteiger partial charge in [0.15, 0.2) is 9.92 Å². The molecule has 1 aliphatic rings. The van der Waals surface area contributed by atoms with Gasteiger partial charge in [0, 0.05) is 6.54 Å². The number of carbonyl (C=O) groups excluding carboxylic acids is 2. The van der Waals surface area contributed by atoms with Crippen LogP contribution in [0.4, 0.5) is 4.79 Å². The first kappa shape index (κ1) is 22.7. The quantitative estimate of drug-likeness (QED) is 0.625. The van der Waals surface area contributed by atoms with E-state index in [0.29, 0.717) is 12.8 Å². The fourth-order valence-electron chi connectivity index (χ4n) is 2.61. The molecule has 1 heterocycles. The van der Waals surface area contributed by atoms with Gasteiger partial charge in [0.2, 0.25) is 0 Å². The molecule has 0 spiro atoms. The van der Waals surface area contributed by atoms with E-state index in [1.54, 1.807) is 45.0 Å². The minimum Gasteiger partial charge on any atom is -0.548 e. The van der Waals surface area contributed by atoms with Gasteiger partial charge in [-0.2, -0.15) is 0 Å². The third-order valence-corrected chi connectivity index (χ3v) is 6.07. The van der Waals surface area contributed by atoms with Gasteiger partial charge in [-0.25, -0.2) is 13.3 Å². The van der Waals surface area contributed by atoms with Crippen LogP contribution in [0, 0.1) is 6.92 Å². The molecule has 2 rings (SSSR count). The molecule has 2 atom stereocenters. The maximum absolute atomic E-state index is 13.7. The smallest absolute Gasteiger partial charge is 0.548 e. The Morgan fingerprint density at radius 3 is 2.35 bits per heavy atom. The standard InChI is InChI=1S/C17H24N2O5S.Li/c1-12-7-9-13(10-8-12)25(23,18-16(22)24-17(2,3)4)19-11-5-6-14(19)15(20)21;/h7-10,14H,5-6,11H2,1-4H3,(H,20,21);/q;+1/p-1/t14-,25?;/m0./s1. The number of rotatable bonds is 3. The van der Waals surface area contributed by atoms with Crippen molar-refractivity contribution >= 4 is 22.0 Å². The van der Waals surface area contributed by atoms with Gasteiger partial charge < -0.3 is 14.6 Å². The minimum atomic E-state index is -3.47. The molecule has 0 N–H and O–H groups in total. The van der Waals surface area contributed by atoms with Crippen LogP contribution in [0.3, 0.4) is 0 Å². The molecule has 1 aromatic rings. The summed E-state index contributed by atoms with van der Waals surface area (Å²) < 4.78 is 23.9. The van der Waals surface area contributed by atoms with Crippen LogP contribution in [-0.2, 0) is 19.4 Å². The number of benzene rings is 1. The van der Waals surface area contributed by atoms with Crippen molar-refractivity contribution in [2.75, 3.05) is 6.54 Å². The Kier molecular flexibility index (Phi) is 7.49. The number of nitrogens with zero attached hydrogens (tertiary/aromatic N) is 2. The van der Waals surface area contributed by atoms with Crippen molar-refractivity contribution in [3.63, 3.8) is 0 Å². The van der Waals surface area contributed by atoms with Crippen LogP contribution in [-0.4, -0.2) is 38.8 Å². The zero-order valence-electron chi connectivity index (χ0n) is 15.9. The van der Waals surface area contributed by atoms with E-state index in [0.717, 1.165) is 5.56 Å². The monoisotopic (exact) mass is 374 g/mol. The second kappa shape index (κ2) is 8.57. The Hall–Kier alpha value is -1.33. The first-order valence-electron chi connectivity index (χ1n) is 8.07. The average Bonchev–Trinajstić information content (AvgIpc) is 2.95. The normalized spacial score (nSPS) is 19.9. The van der Waals surface area contributed by atoms with Crippen LogP contribution < -0.4 is 24.0 Å². The fraction of sp³-hybridized carbons (Fsp3) is 0.529. The molecule has 0 saturated carbocycles. The molecule has 1 unspecified atom stereocenters. The molecule has 0 bridgehead atoms. The summed E-state index contributed by atoms with van der Waals surface area (Å²) in [6.07, 6.45) is -0.151. The van der Waals surface area contributed by atoms with Gasteiger partial charge in [-0.3, -0.25) is 0 Å². The van der Waals surface area contributed by atoms with Crippen LogP contribution >= 0.6 is 0 Å². The number of amides is 1. The Morgan fingerprint density at radius 1 is 1.27 bits per heavy atom. The Labute approximate surface area is 166 Å². The number of carboxylic acid groups (broad SMARTS) is 1. The molecule has 0 aromatic heterocycles. The zero-order valence-corrected chi connectivity index (χ0v) is 16.7. The molecule has 7 nitrogen and oxygen atoms in total. The van der Waals surface area contributed by atoms with Crippen LogP contribution in [0.25, 0.3) is 0 Å². The van der Waals surface area contributed by atoms with E-state index in [2.05, 4.69) is 4.36 Å². The van der Waals surface area contributed by atoms with Crippen molar-refractivity contribution in [2.45, 2.75) is 57.1 Å². The predicted octanol–water partition coefficient (Wildman–Crippen LogP) is -1.11. The van der Waals surface area contributed by atoms with Gasteiger partial charge in [-0.05, 0) is 52.7 Å². The van der Waals surface area contributed by atoms with Crippen molar-refractivity contribution in [3.8, 4) is 0 Å². The molecule has 9 heteroatoms. The summed E-state index contributed by atoms with van der Waals surface area (Å²) in [6.45, 7) is 7.14. The van der Waals surface area contributed by atoms with Gasteiger partial charge in [0.25, 0.3) is 0 Å². The molecular formula is C17H23LiN2O5S. The topological polar surface area (TPSA) is 99.1 Å². The molecule has 0 aliphatic carbocycles. The van der Waals surface area contributed by atoms with Crippen molar-refractivity contribution in [1.82, 2.24) is 4.31 Å². The van der Waals surface area contributed by atoms with Gasteiger partial charge in [-0.1, -0.05) is 17.7 Å². The zero-order chi connectivity index (χ0) is 18.8. The SMILES string of the molecule is Cc1ccc(S(=O)(=NC(=O)OC(C)(C)C)N2CCC[C@H]2C(=O)[O-])cc1.[Li+]. The number of hydrogen-bond acceptors (Lipinski definition) is 5. The summed E-state index contributed by atoms with van der Waals surface area (Å²) in [5, 5.41) is 11.4. The minimum absolute atomic E-state index is 0. The second-order valence-electron chi connectivity index (χ2n) is 7.00. The summed E-state index contributed by atoms with van der Waals surface area (Å²) in [6, 6.07) is 5.61. The molecule has 26 heavy (non-hydrogen) atoms. The van der Waals surface area contributed by atoms with Crippen LogP contribution in [0.1, 0.15) is 39.2 Å². The van der Waals surface area contributed by atoms with E-state index in [1.807, 2.05) is 6.92 Å². The molecule has 1 aromatic carbocycles. The third-order valence-electron chi connectivity index (χ3n) is 3.71. The van der Waals surface area contributed by atoms with Crippen molar-refractivity contribution < 1.29 is 42.5 Å². The van der Waals surface area contributed by atoms with Gasteiger partial charge >= 0.3 is 25.0 Å². The average molecular weight is 374 g/mol. The van der Waals surface area contributed by atoms with E-state index in [-0.39, 0.29) is 30.3 Å². The predicted molar refractivity (Wildman–Crippen MR) is 91.0 cm³/mol. The number of aryl methyl sites for hydroxylation is 1. The van der Waals surface area contributed by atoms with Crippen molar-refractivity contribution in [2.24, 2.45) is 4.36 Å². The molecule has 138 valence electrons. The van der Waals surface area contributed by atoms with E-state index in [9.17, 15) is 18.9 Å². The fourth-order valence-corrected chi connectivity index (χ4v) is 4.73. The molecular weight excluding hydrogens is 351 g/mol. The summed E-state index contributed by atoms with van der Waals surface area (Å²) in [4.78, 5) is 23.9. The maximum atomic E-state index is 13.7. The Balaban J connectivity index is 0.00000338. The molecule has 1 aliphatic heterocycles. The molecule has 1 saturated heterocycles. The first-order chi connectivity index (χ1) is 11.5. The maximum Gasteiger partial charge on any atom is 1.00 e. The first-order valence-corrected chi connectivity index (χ1v) is 9.54. The number of hydrogen-bond donors (Lipinski definition) is 0. The van der Waals surface area contributed by atoms with Crippen LogP contribution in [0.2, 0.25) is 0 Å². The summed E-state index contributed by atoms with van der Waals surface area (Å²) in [5.41, 5.74) is 0.146. The summed E-state index contributed by atoms with van der Waals surface area (Å²) >= 11 is 0. The summed E-state index contributed by atoms with van der Waals surface area (Å²) in [7, 11) is -3.47. The van der Waals surface area contributed by atoms with Crippen molar-refractivity contribution in [1.29, 1.82) is 0 Å². The van der Waals surface area contributed by atoms with Crippen LogP contribution in [0.5, 0.6) is 0 Å². The van der Waals surface area contributed by atoms with Gasteiger partial charge in [0.05, 0.1) is 16.9 Å². The number of carboxylic acids is 1. The van der Waals surface area contributed by atoms with E-state index in [1.165, 1.54) is 4.31 Å². The molecule has 1 fully saturated rings. The number of ether oxygens (including phenoxy) is 1. The number of aliphatic carboxylic acids is 1. The largest absolute Gasteiger partial charge is 1.00 e. The second-order valence-corrected chi connectivity index (χ2v) is 9.12. The summed E-state index contributed by atoms with van der Waals surface area (Å²) in [5.74, 6) is -1.32. The van der Waals surface area contributed by atoms with E-state index >= 15 is 0 Å². The van der Waals surface area contributed by atoms with Crippen LogP contribution in [0.15, 0.2) is 33.5 Å². The van der Waals surface area contributed by atoms with E-state index < -0.39 is 33.6 Å². The van der Waals surface area contributed by atoms with Gasteiger partial charge in [0.1, 0.15) is 5.60 Å². The Bertz CT molecular complexity index is 779. The van der Waals surface area contributed by atoms with E-state index in [4.69, 9.17) is 4.74 Å².